The number of nitrogens with zero attached hydrogens (tertiary/aromatic N) is 4. The second kappa shape index (κ2) is 12.8. The topological polar surface area (TPSA) is 87.0 Å². The summed E-state index contributed by atoms with van der Waals surface area (Å²) in [5.74, 6) is -0.806. The van der Waals surface area contributed by atoms with Crippen LogP contribution in [0.25, 0.3) is 0 Å². The van der Waals surface area contributed by atoms with E-state index in [-0.39, 0.29) is 49.4 Å². The third-order valence-electron chi connectivity index (χ3n) is 9.33. The minimum absolute atomic E-state index is 0.0122. The summed E-state index contributed by atoms with van der Waals surface area (Å²) in [6, 6.07) is 9.15. The Labute approximate surface area is 259 Å². The molecule has 244 valence electrons. The Bertz CT molecular complexity index is 1450. The van der Waals surface area contributed by atoms with Crippen LogP contribution in [0.4, 0.5) is 27.6 Å². The van der Waals surface area contributed by atoms with E-state index < -0.39 is 41.7 Å². The summed E-state index contributed by atoms with van der Waals surface area (Å²) in [7, 11) is 1.40. The molecule has 2 N–H and O–H groups in total. The molecule has 0 radical (unpaired) electrons. The van der Waals surface area contributed by atoms with Crippen LogP contribution >= 0.6 is 0 Å². The number of carbonyl (C=O) groups excluding carboxylic acids is 1. The van der Waals surface area contributed by atoms with Crippen molar-refractivity contribution in [1.82, 2.24) is 14.7 Å². The van der Waals surface area contributed by atoms with Crippen LogP contribution in [0.3, 0.4) is 0 Å². The highest BCUT2D eigenvalue weighted by Crippen LogP contribution is 2.43. The predicted octanol–water partition coefficient (Wildman–Crippen LogP) is 5.10. The molecule has 0 aliphatic carbocycles. The molecule has 13 heteroatoms. The second-order valence-electron chi connectivity index (χ2n) is 12.5. The lowest BCUT2D eigenvalue weighted by Crippen LogP contribution is -2.58. The van der Waals surface area contributed by atoms with Crippen molar-refractivity contribution in [3.63, 3.8) is 0 Å². The van der Waals surface area contributed by atoms with Crippen molar-refractivity contribution in [3.05, 3.63) is 64.2 Å². The van der Waals surface area contributed by atoms with Crippen LogP contribution in [-0.2, 0) is 29.4 Å². The average Bonchev–Trinajstić information content (AvgIpc) is 3.31. The van der Waals surface area contributed by atoms with Gasteiger partial charge in [-0.25, -0.2) is 8.78 Å². The zero-order valence-electron chi connectivity index (χ0n) is 25.6. The minimum atomic E-state index is -4.69. The van der Waals surface area contributed by atoms with Crippen molar-refractivity contribution in [2.24, 2.45) is 5.92 Å². The predicted molar refractivity (Wildman–Crippen MR) is 162 cm³/mol. The van der Waals surface area contributed by atoms with Crippen molar-refractivity contribution in [1.29, 1.82) is 10.8 Å². The van der Waals surface area contributed by atoms with E-state index in [0.717, 1.165) is 17.3 Å². The number of fused-ring (bicyclic) bond motifs is 1. The van der Waals surface area contributed by atoms with Crippen LogP contribution in [0.1, 0.15) is 46.5 Å². The van der Waals surface area contributed by atoms with Gasteiger partial charge in [-0.3, -0.25) is 25.4 Å². The highest BCUT2D eigenvalue weighted by atomic mass is 19.4. The fourth-order valence-corrected chi connectivity index (χ4v) is 6.59. The number of alkyl halides is 5. The highest BCUT2D eigenvalue weighted by Gasteiger charge is 2.51. The number of amides is 1. The number of carbonyl (C=O) groups is 1. The van der Waals surface area contributed by atoms with E-state index in [1.165, 1.54) is 11.9 Å². The molecule has 45 heavy (non-hydrogen) atoms. The number of amidine groups is 1. The Kier molecular flexibility index (Phi) is 9.35. The Morgan fingerprint density at radius 1 is 1.20 bits per heavy atom. The number of hydrogen-bond acceptors (Lipinski definition) is 6. The fraction of sp³-hybridized carbons (Fsp3) is 0.531. The van der Waals surface area contributed by atoms with Gasteiger partial charge in [0.2, 0.25) is 0 Å². The van der Waals surface area contributed by atoms with Gasteiger partial charge in [-0.1, -0.05) is 26.0 Å². The first-order valence-electron chi connectivity index (χ1n) is 15.0. The molecule has 2 saturated heterocycles. The minimum Gasteiger partial charge on any atom is -0.379 e. The molecule has 1 amide bonds. The van der Waals surface area contributed by atoms with Crippen LogP contribution in [0.5, 0.6) is 0 Å². The van der Waals surface area contributed by atoms with Gasteiger partial charge in [0.05, 0.1) is 37.1 Å². The van der Waals surface area contributed by atoms with E-state index in [2.05, 4.69) is 4.90 Å². The lowest BCUT2D eigenvalue weighted by Gasteiger charge is -2.45. The van der Waals surface area contributed by atoms with Crippen molar-refractivity contribution in [3.8, 4) is 0 Å². The zero-order chi connectivity index (χ0) is 32.7. The lowest BCUT2D eigenvalue weighted by atomic mass is 9.73. The first-order chi connectivity index (χ1) is 21.3. The number of hydrogen-bond donors (Lipinski definition) is 2. The van der Waals surface area contributed by atoms with Gasteiger partial charge < -0.3 is 14.5 Å². The first-order valence-corrected chi connectivity index (χ1v) is 15.0. The summed E-state index contributed by atoms with van der Waals surface area (Å²) in [5.41, 5.74) is -1.04. The Balaban J connectivity index is 1.45. The zero-order valence-corrected chi connectivity index (χ0v) is 25.6. The van der Waals surface area contributed by atoms with E-state index >= 15 is 4.39 Å². The SMILES string of the molecule is CC(C)[C@H]1CN(CCF)CCN1Cc1cc2c(c(C(F)(F)F)c1)CN(c1cccc(C3([C@@H](F)C(=N)N(C)C=N)COC3)c1)C2=O. The van der Waals surface area contributed by atoms with E-state index in [1.54, 1.807) is 30.3 Å². The molecule has 2 fully saturated rings. The largest absolute Gasteiger partial charge is 0.416 e. The monoisotopic (exact) mass is 634 g/mol. The van der Waals surface area contributed by atoms with Crippen LogP contribution in [0.15, 0.2) is 36.4 Å². The van der Waals surface area contributed by atoms with Crippen LogP contribution in [0.2, 0.25) is 0 Å². The third-order valence-corrected chi connectivity index (χ3v) is 9.33. The maximum atomic E-state index is 15.7. The van der Waals surface area contributed by atoms with Gasteiger partial charge in [0, 0.05) is 57.1 Å². The molecule has 3 aliphatic rings. The van der Waals surface area contributed by atoms with Gasteiger partial charge in [0.25, 0.3) is 5.91 Å². The maximum Gasteiger partial charge on any atom is 0.416 e. The van der Waals surface area contributed by atoms with Gasteiger partial charge in [0.15, 0.2) is 6.17 Å². The van der Waals surface area contributed by atoms with Gasteiger partial charge in [-0.15, -0.1) is 0 Å². The molecule has 2 aromatic rings. The first kappa shape index (κ1) is 33.0. The van der Waals surface area contributed by atoms with Crippen LogP contribution in [0, 0.1) is 16.7 Å². The van der Waals surface area contributed by atoms with Gasteiger partial charge in [0.1, 0.15) is 12.5 Å². The van der Waals surface area contributed by atoms with Crippen molar-refractivity contribution >= 4 is 23.8 Å². The molecular weight excluding hydrogens is 595 g/mol. The summed E-state index contributed by atoms with van der Waals surface area (Å²) in [4.78, 5) is 20.2. The molecule has 3 aliphatic heterocycles. The molecule has 8 nitrogen and oxygen atoms in total. The van der Waals surface area contributed by atoms with E-state index in [9.17, 15) is 22.4 Å². The van der Waals surface area contributed by atoms with Crippen LogP contribution in [-0.4, -0.2) is 98.1 Å². The summed E-state index contributed by atoms with van der Waals surface area (Å²) in [6.07, 6.45) is -5.67. The summed E-state index contributed by atoms with van der Waals surface area (Å²) >= 11 is 0. The van der Waals surface area contributed by atoms with Crippen molar-refractivity contribution < 1.29 is 31.5 Å². The molecule has 0 unspecified atom stereocenters. The number of rotatable bonds is 10. The third kappa shape index (κ3) is 6.22. The fourth-order valence-electron chi connectivity index (χ4n) is 6.59. The number of benzene rings is 2. The normalized spacial score (nSPS) is 21.0. The molecule has 0 spiro atoms. The Hall–Kier alpha value is -3.42. The summed E-state index contributed by atoms with van der Waals surface area (Å²) in [5, 5.41) is 15.6. The standard InChI is InChI=1S/C32H39F5N6O2/c1-20(2)27-16-41(8-7-33)9-10-42(27)14-21-11-24-25(26(12-21)32(35,36)37)15-43(30(24)44)23-6-4-5-22(13-23)31(17-45-18-31)28(34)29(39)40(3)19-38/h4-6,11-13,19-20,27-28,38-39H,7-10,14-18H2,1-3H3/t27-,28+/m1/s1. The van der Waals surface area contributed by atoms with E-state index in [1.807, 2.05) is 18.7 Å². The molecule has 5 rings (SSSR count). The van der Waals surface area contributed by atoms with Gasteiger partial charge in [-0.05, 0) is 46.9 Å². The highest BCUT2D eigenvalue weighted by molar-refractivity contribution is 6.10. The van der Waals surface area contributed by atoms with Crippen molar-refractivity contribution in [2.45, 2.75) is 50.7 Å². The molecule has 0 saturated carbocycles. The number of anilines is 1. The molecular formula is C32H39F5N6O2. The second-order valence-corrected chi connectivity index (χ2v) is 12.5. The number of halogens is 5. The number of nitrogens with one attached hydrogen (secondary N) is 2. The molecule has 0 aromatic heterocycles. The van der Waals surface area contributed by atoms with Crippen molar-refractivity contribution in [2.75, 3.05) is 58.0 Å². The summed E-state index contributed by atoms with van der Waals surface area (Å²) < 4.78 is 77.4. The molecule has 0 bridgehead atoms. The van der Waals surface area contributed by atoms with E-state index in [0.29, 0.717) is 43.0 Å². The molecule has 3 heterocycles. The number of piperazine rings is 1. The smallest absolute Gasteiger partial charge is 0.379 e. The van der Waals surface area contributed by atoms with Gasteiger partial charge >= 0.3 is 6.18 Å². The summed E-state index contributed by atoms with van der Waals surface area (Å²) in [6.45, 7) is 5.61. The average molecular weight is 635 g/mol. The van der Waals surface area contributed by atoms with E-state index in [4.69, 9.17) is 15.6 Å². The molecule has 2 atom stereocenters. The van der Waals surface area contributed by atoms with Gasteiger partial charge in [-0.2, -0.15) is 13.2 Å². The Morgan fingerprint density at radius 3 is 2.53 bits per heavy atom. The number of ether oxygens (including phenoxy) is 1. The maximum absolute atomic E-state index is 15.7. The Morgan fingerprint density at radius 2 is 1.93 bits per heavy atom. The molecule has 2 aromatic carbocycles. The quantitative estimate of drug-likeness (QED) is 0.216. The van der Waals surface area contributed by atoms with Crippen LogP contribution < -0.4 is 4.90 Å². The lowest BCUT2D eigenvalue weighted by molar-refractivity contribution is -0.138.